The number of allylic oxidation sites excluding steroid dienone is 1. The number of aliphatic imine (C=N–C) groups is 1. The number of aliphatic hydroxyl groups is 1. The molecule has 8 rings (SSSR count). The van der Waals surface area contributed by atoms with Crippen LogP contribution >= 0.6 is 0 Å². The topological polar surface area (TPSA) is 171 Å². The number of guanidine groups is 1. The van der Waals surface area contributed by atoms with Gasteiger partial charge in [-0.2, -0.15) is 0 Å². The fraction of sp³-hybridized carbons (Fsp3) is 0.344. The Morgan fingerprint density at radius 1 is 1.00 bits per heavy atom. The van der Waals surface area contributed by atoms with E-state index in [1.165, 1.54) is 12.1 Å². The zero-order valence-electron chi connectivity index (χ0n) is 24.3. The summed E-state index contributed by atoms with van der Waals surface area (Å²) in [5.41, 5.74) is 15.1. The van der Waals surface area contributed by atoms with Gasteiger partial charge in [-0.05, 0) is 90.0 Å². The van der Waals surface area contributed by atoms with E-state index in [4.69, 9.17) is 16.2 Å². The molecule has 0 radical (unpaired) electrons. The molecule has 0 unspecified atom stereocenters. The molecule has 43 heavy (non-hydrogen) atoms. The molecule has 11 heteroatoms. The molecule has 3 aromatic carbocycles. The van der Waals surface area contributed by atoms with Gasteiger partial charge in [-0.25, -0.2) is 13.4 Å². The molecule has 0 saturated carbocycles. The zero-order chi connectivity index (χ0) is 30.0. The first-order chi connectivity index (χ1) is 20.0. The molecule has 4 aliphatic heterocycles. The van der Waals surface area contributed by atoms with Gasteiger partial charge in [0.05, 0.1) is 15.4 Å². The zero-order valence-corrected chi connectivity index (χ0v) is 27.2. The van der Waals surface area contributed by atoms with Crippen molar-refractivity contribution in [3.63, 3.8) is 0 Å². The van der Waals surface area contributed by atoms with Crippen LogP contribution in [0, 0.1) is 5.92 Å². The molecule has 0 aromatic heterocycles. The van der Waals surface area contributed by atoms with Gasteiger partial charge in [0.1, 0.15) is 17.6 Å². The van der Waals surface area contributed by atoms with Crippen LogP contribution in [0.5, 0.6) is 11.5 Å². The first-order valence-electron chi connectivity index (χ1n) is 14.1. The summed E-state index contributed by atoms with van der Waals surface area (Å²) in [6.45, 7) is 1.97. The second-order valence-corrected chi connectivity index (χ2v) is 12.7. The first kappa shape index (κ1) is 33.0. The predicted molar refractivity (Wildman–Crippen MR) is 160 cm³/mol. The summed E-state index contributed by atoms with van der Waals surface area (Å²) in [6.07, 6.45) is 1.83. The van der Waals surface area contributed by atoms with Gasteiger partial charge in [-0.3, -0.25) is 0 Å². The number of rotatable bonds is 5. The summed E-state index contributed by atoms with van der Waals surface area (Å²) in [6, 6.07) is 21.1. The number of nitrogens with two attached hydrogens (primary N) is 2. The van der Waals surface area contributed by atoms with Crippen LogP contribution in [0.2, 0.25) is 0 Å². The minimum Gasteiger partial charge on any atom is -0.748 e. The molecule has 0 fully saturated rings. The molecular formula is C32H36N3NaO6S. The Morgan fingerprint density at radius 2 is 1.60 bits per heavy atom. The predicted octanol–water partition coefficient (Wildman–Crippen LogP) is 1.71. The molecular weight excluding hydrogens is 577 g/mol. The van der Waals surface area contributed by atoms with Crippen LogP contribution in [-0.4, -0.2) is 34.4 Å². The second kappa shape index (κ2) is 13.8. The van der Waals surface area contributed by atoms with Crippen LogP contribution in [0.25, 0.3) is 0 Å². The van der Waals surface area contributed by atoms with Crippen molar-refractivity contribution in [3.05, 3.63) is 107 Å². The van der Waals surface area contributed by atoms with E-state index in [9.17, 15) is 23.2 Å². The molecule has 4 heterocycles. The molecule has 3 aromatic rings. The van der Waals surface area contributed by atoms with Crippen LogP contribution in [0.4, 0.5) is 0 Å². The number of hydrogen-bond acceptors (Lipinski definition) is 7. The van der Waals surface area contributed by atoms with Crippen molar-refractivity contribution in [2.75, 3.05) is 0 Å². The minimum absolute atomic E-state index is 0. The monoisotopic (exact) mass is 613 g/mol. The quantitative estimate of drug-likeness (QED) is 0.111. The molecule has 222 valence electrons. The number of phenolic OH excluding ortho intramolecular Hbond substituents is 1. The summed E-state index contributed by atoms with van der Waals surface area (Å²) in [5, 5.41) is 19.7. The van der Waals surface area contributed by atoms with E-state index < -0.39 is 33.6 Å². The van der Waals surface area contributed by atoms with Gasteiger partial charge in [0.2, 0.25) is 6.23 Å². The number of benzene rings is 3. The van der Waals surface area contributed by atoms with Crippen molar-refractivity contribution in [3.8, 4) is 11.5 Å². The van der Waals surface area contributed by atoms with E-state index in [-0.39, 0.29) is 59.5 Å². The molecule has 6 atom stereocenters. The average Bonchev–Trinajstić information content (AvgIpc) is 2.97. The van der Waals surface area contributed by atoms with Crippen molar-refractivity contribution in [1.29, 1.82) is 0 Å². The summed E-state index contributed by atoms with van der Waals surface area (Å²) in [5.74, 6) is -0.648. The molecule has 6 N–H and O–H groups in total. The fourth-order valence-corrected chi connectivity index (χ4v) is 7.38. The molecule has 4 bridgehead atoms. The largest absolute Gasteiger partial charge is 1.00 e. The maximum absolute atomic E-state index is 13.0. The number of aliphatic hydroxyl groups excluding tert-OH is 1. The number of hydrogen-bond donors (Lipinski definition) is 4. The standard InChI is InChI=1S/C32H37N3O6S.Na/c1-2-19-18-29(42(38,39)40)28-17-24(30(37)22-7-12-25(36)13-8-22)11-16-27(28)21-3-5-23(6-4-21)31(35-32(33)34)41-26-14-9-20(19)10-15-26;/h3-10,12-15,17,19,27-31,36-37H,2,11,16,18H2,1H3,(H4,33,34,35)(H,38,39,40);/q;+1/p-1/t19-,27-,28+,29+,30-,31-;/m0./s1. The normalized spacial score (nSPS) is 24.3. The van der Waals surface area contributed by atoms with Gasteiger partial charge >= 0.3 is 29.6 Å². The van der Waals surface area contributed by atoms with Gasteiger partial charge in [-0.15, -0.1) is 0 Å². The summed E-state index contributed by atoms with van der Waals surface area (Å²) >= 11 is 0. The molecule has 1 aliphatic carbocycles. The first-order valence-corrected chi connectivity index (χ1v) is 15.6. The van der Waals surface area contributed by atoms with Crippen LogP contribution in [0.1, 0.15) is 79.0 Å². The van der Waals surface area contributed by atoms with Gasteiger partial charge in [0.15, 0.2) is 5.96 Å². The molecule has 0 amide bonds. The van der Waals surface area contributed by atoms with Crippen LogP contribution in [-0.2, 0) is 10.1 Å². The Balaban J connectivity index is 0.00000423. The number of ether oxygens (including phenoxy) is 1. The Morgan fingerprint density at radius 3 is 2.19 bits per heavy atom. The van der Waals surface area contributed by atoms with E-state index >= 15 is 0 Å². The van der Waals surface area contributed by atoms with Gasteiger partial charge < -0.3 is 31.0 Å². The van der Waals surface area contributed by atoms with Gasteiger partial charge in [-0.1, -0.05) is 61.5 Å². The SMILES string of the molecule is CC[C@H]1C[C@@H](S(=O)(=O)[O-])[C@@H]2C=C([C@@H](O)c3ccc(O)cc3)CC[C@H]2c2ccc(cc2)[C@@H](N=C(N)N)Oc2ccc1cc2.[Na+]. The Kier molecular flexibility index (Phi) is 10.6. The van der Waals surface area contributed by atoms with Crippen molar-refractivity contribution in [1.82, 2.24) is 0 Å². The van der Waals surface area contributed by atoms with E-state index in [0.717, 1.165) is 11.1 Å². The Bertz CT molecular complexity index is 1560. The van der Waals surface area contributed by atoms with Gasteiger partial charge in [0.25, 0.3) is 0 Å². The smallest absolute Gasteiger partial charge is 0.748 e. The van der Waals surface area contributed by atoms with Crippen LogP contribution in [0.15, 0.2) is 89.4 Å². The molecule has 0 saturated heterocycles. The van der Waals surface area contributed by atoms with Crippen LogP contribution in [0.3, 0.4) is 0 Å². The third-order valence-electron chi connectivity index (χ3n) is 8.50. The maximum Gasteiger partial charge on any atom is 1.00 e. The van der Waals surface area contributed by atoms with E-state index in [1.807, 2.05) is 43.3 Å². The number of phenols is 1. The van der Waals surface area contributed by atoms with E-state index in [2.05, 4.69) is 4.99 Å². The number of nitrogens with zero attached hydrogens (tertiary/aromatic N) is 1. The van der Waals surface area contributed by atoms with E-state index in [0.29, 0.717) is 41.7 Å². The second-order valence-electron chi connectivity index (χ2n) is 11.1. The van der Waals surface area contributed by atoms with Crippen LogP contribution < -0.4 is 45.8 Å². The third kappa shape index (κ3) is 7.63. The number of aromatic hydroxyl groups is 1. The van der Waals surface area contributed by atoms with Crippen molar-refractivity contribution in [2.24, 2.45) is 22.4 Å². The summed E-state index contributed by atoms with van der Waals surface area (Å²) in [4.78, 5) is 4.27. The maximum atomic E-state index is 13.0. The molecule has 9 nitrogen and oxygen atoms in total. The molecule has 0 spiro atoms. The molecule has 5 aliphatic rings. The van der Waals surface area contributed by atoms with E-state index in [1.54, 1.807) is 30.3 Å². The average molecular weight is 614 g/mol. The van der Waals surface area contributed by atoms with Crippen molar-refractivity contribution >= 4 is 16.1 Å². The van der Waals surface area contributed by atoms with Gasteiger partial charge in [0, 0.05) is 5.56 Å². The summed E-state index contributed by atoms with van der Waals surface area (Å²) in [7, 11) is -4.74. The Hall–Kier alpha value is -2.86. The minimum atomic E-state index is -4.74. The fourth-order valence-electron chi connectivity index (χ4n) is 6.26. The van der Waals surface area contributed by atoms with Crippen molar-refractivity contribution in [2.45, 2.75) is 62.0 Å². The summed E-state index contributed by atoms with van der Waals surface area (Å²) < 4.78 is 45.1. The third-order valence-corrected chi connectivity index (χ3v) is 9.75. The Labute approximate surface area is 274 Å². The van der Waals surface area contributed by atoms with Crippen molar-refractivity contribution < 1.29 is 57.5 Å².